The number of rotatable bonds is 11. The minimum Gasteiger partial charge on any atom is -0.469 e. The van der Waals surface area contributed by atoms with E-state index in [-0.39, 0.29) is 11.9 Å². The van der Waals surface area contributed by atoms with Crippen LogP contribution < -0.4 is 0 Å². The van der Waals surface area contributed by atoms with Crippen LogP contribution in [-0.2, 0) is 19.1 Å². The van der Waals surface area contributed by atoms with Crippen LogP contribution >= 0.6 is 0 Å². The van der Waals surface area contributed by atoms with Gasteiger partial charge >= 0.3 is 5.97 Å². The predicted octanol–water partition coefficient (Wildman–Crippen LogP) is 2.92. The number of unbranched alkanes of at least 4 members (excludes halogenated alkanes) is 7. The topological polar surface area (TPSA) is 55.8 Å². The van der Waals surface area contributed by atoms with E-state index in [0.29, 0.717) is 26.1 Å². The molecular weight excluding hydrogens is 282 g/mol. The highest BCUT2D eigenvalue weighted by Gasteiger charge is 2.15. The van der Waals surface area contributed by atoms with Crippen LogP contribution in [-0.4, -0.2) is 50.2 Å². The highest BCUT2D eigenvalue weighted by atomic mass is 16.5. The van der Waals surface area contributed by atoms with Gasteiger partial charge in [0.25, 0.3) is 0 Å². The molecule has 0 saturated carbocycles. The number of nitrogens with zero attached hydrogens (tertiary/aromatic N) is 1. The molecule has 0 radical (unpaired) electrons. The van der Waals surface area contributed by atoms with Gasteiger partial charge in [0.2, 0.25) is 5.91 Å². The van der Waals surface area contributed by atoms with Crippen molar-refractivity contribution in [3.05, 3.63) is 0 Å². The van der Waals surface area contributed by atoms with Crippen LogP contribution in [0.25, 0.3) is 0 Å². The summed E-state index contributed by atoms with van der Waals surface area (Å²) in [6, 6.07) is 0. The minimum atomic E-state index is -0.107. The second-order valence-corrected chi connectivity index (χ2v) is 5.90. The predicted molar refractivity (Wildman–Crippen MR) is 85.6 cm³/mol. The van der Waals surface area contributed by atoms with E-state index in [2.05, 4.69) is 4.74 Å². The number of carbonyl (C=O) groups is 2. The summed E-state index contributed by atoms with van der Waals surface area (Å²) >= 11 is 0. The zero-order chi connectivity index (χ0) is 16.0. The molecule has 1 fully saturated rings. The first kappa shape index (κ1) is 18.9. The van der Waals surface area contributed by atoms with Gasteiger partial charge < -0.3 is 14.4 Å². The van der Waals surface area contributed by atoms with Crippen molar-refractivity contribution < 1.29 is 19.1 Å². The highest BCUT2D eigenvalue weighted by Crippen LogP contribution is 2.12. The molecule has 1 heterocycles. The Balaban J connectivity index is 1.83. The molecule has 5 heteroatoms. The van der Waals surface area contributed by atoms with Crippen LogP contribution in [0.2, 0.25) is 0 Å². The maximum Gasteiger partial charge on any atom is 0.305 e. The average Bonchev–Trinajstić information content (AvgIpc) is 2.56. The van der Waals surface area contributed by atoms with Crippen molar-refractivity contribution in [2.45, 2.75) is 64.2 Å². The molecule has 0 aromatic rings. The van der Waals surface area contributed by atoms with Gasteiger partial charge in [-0.2, -0.15) is 0 Å². The molecule has 0 spiro atoms. The summed E-state index contributed by atoms with van der Waals surface area (Å²) in [5.74, 6) is 0.177. The smallest absolute Gasteiger partial charge is 0.305 e. The maximum absolute atomic E-state index is 11.9. The molecule has 0 bridgehead atoms. The van der Waals surface area contributed by atoms with E-state index < -0.39 is 0 Å². The number of esters is 1. The first-order chi connectivity index (χ1) is 10.7. The first-order valence-corrected chi connectivity index (χ1v) is 8.66. The second kappa shape index (κ2) is 12.4. The Kier molecular flexibility index (Phi) is 10.7. The van der Waals surface area contributed by atoms with Crippen molar-refractivity contribution >= 4 is 11.9 Å². The van der Waals surface area contributed by atoms with Crippen molar-refractivity contribution in [3.63, 3.8) is 0 Å². The molecular formula is C17H31NO4. The summed E-state index contributed by atoms with van der Waals surface area (Å²) in [5, 5.41) is 0. The molecule has 5 nitrogen and oxygen atoms in total. The molecule has 1 amide bonds. The summed E-state index contributed by atoms with van der Waals surface area (Å²) in [6.07, 6.45) is 10.2. The molecule has 1 aliphatic heterocycles. The van der Waals surface area contributed by atoms with E-state index in [1.807, 2.05) is 4.90 Å². The van der Waals surface area contributed by atoms with Gasteiger partial charge in [-0.1, -0.05) is 38.5 Å². The van der Waals surface area contributed by atoms with E-state index in [9.17, 15) is 9.59 Å². The molecule has 1 aliphatic rings. The SMILES string of the molecule is COC(=O)CCCCCCCCCCC(=O)N1CCOCC1. The third-order valence-corrected chi connectivity index (χ3v) is 4.11. The Morgan fingerprint density at radius 1 is 0.864 bits per heavy atom. The Labute approximate surface area is 134 Å². The molecule has 0 atom stereocenters. The third kappa shape index (κ3) is 9.03. The van der Waals surface area contributed by atoms with E-state index in [1.165, 1.54) is 32.8 Å². The Hall–Kier alpha value is -1.10. The van der Waals surface area contributed by atoms with Gasteiger partial charge in [0.05, 0.1) is 20.3 Å². The van der Waals surface area contributed by atoms with E-state index in [4.69, 9.17) is 4.74 Å². The summed E-state index contributed by atoms with van der Waals surface area (Å²) in [7, 11) is 1.44. The molecule has 0 aromatic heterocycles. The summed E-state index contributed by atoms with van der Waals surface area (Å²) in [4.78, 5) is 24.8. The Morgan fingerprint density at radius 2 is 1.36 bits per heavy atom. The van der Waals surface area contributed by atoms with Crippen LogP contribution in [0.5, 0.6) is 0 Å². The van der Waals surface area contributed by atoms with Crippen molar-refractivity contribution in [2.75, 3.05) is 33.4 Å². The number of hydrogen-bond donors (Lipinski definition) is 0. The van der Waals surface area contributed by atoms with Crippen molar-refractivity contribution in [1.29, 1.82) is 0 Å². The molecule has 1 saturated heterocycles. The van der Waals surface area contributed by atoms with Gasteiger partial charge in [0, 0.05) is 25.9 Å². The normalized spacial score (nSPS) is 14.9. The number of carbonyl (C=O) groups excluding carboxylic acids is 2. The molecule has 0 unspecified atom stereocenters. The summed E-state index contributed by atoms with van der Waals surface area (Å²) < 4.78 is 9.86. The van der Waals surface area contributed by atoms with Crippen LogP contribution in [0.3, 0.4) is 0 Å². The van der Waals surface area contributed by atoms with Gasteiger partial charge in [0.1, 0.15) is 0 Å². The van der Waals surface area contributed by atoms with Crippen LogP contribution in [0.15, 0.2) is 0 Å². The summed E-state index contributed by atoms with van der Waals surface area (Å²) in [6.45, 7) is 2.87. The van der Waals surface area contributed by atoms with Gasteiger partial charge in [-0.05, 0) is 12.8 Å². The minimum absolute atomic E-state index is 0.107. The molecule has 22 heavy (non-hydrogen) atoms. The number of amides is 1. The monoisotopic (exact) mass is 313 g/mol. The molecule has 1 rings (SSSR count). The van der Waals surface area contributed by atoms with Gasteiger partial charge in [-0.15, -0.1) is 0 Å². The Morgan fingerprint density at radius 3 is 1.91 bits per heavy atom. The maximum atomic E-state index is 11.9. The van der Waals surface area contributed by atoms with Crippen molar-refractivity contribution in [3.8, 4) is 0 Å². The van der Waals surface area contributed by atoms with E-state index in [1.54, 1.807) is 0 Å². The number of ether oxygens (including phenoxy) is 2. The zero-order valence-electron chi connectivity index (χ0n) is 14.0. The van der Waals surface area contributed by atoms with E-state index >= 15 is 0 Å². The Bertz CT molecular complexity index is 314. The number of methoxy groups -OCH3 is 1. The molecule has 0 aromatic carbocycles. The number of hydrogen-bond acceptors (Lipinski definition) is 4. The number of morpholine rings is 1. The van der Waals surface area contributed by atoms with Crippen LogP contribution in [0.4, 0.5) is 0 Å². The fourth-order valence-electron chi connectivity index (χ4n) is 2.68. The van der Waals surface area contributed by atoms with Crippen molar-refractivity contribution in [1.82, 2.24) is 4.90 Å². The quantitative estimate of drug-likeness (QED) is 0.435. The largest absolute Gasteiger partial charge is 0.469 e. The fourth-order valence-corrected chi connectivity index (χ4v) is 2.68. The lowest BCUT2D eigenvalue weighted by molar-refractivity contribution is -0.140. The lowest BCUT2D eigenvalue weighted by Gasteiger charge is -2.26. The second-order valence-electron chi connectivity index (χ2n) is 5.90. The van der Waals surface area contributed by atoms with Crippen LogP contribution in [0.1, 0.15) is 64.2 Å². The standard InChI is InChI=1S/C17H31NO4/c1-21-17(20)11-9-7-5-3-2-4-6-8-10-16(19)18-12-14-22-15-13-18/h2-15H2,1H3. The first-order valence-electron chi connectivity index (χ1n) is 8.66. The van der Waals surface area contributed by atoms with Gasteiger partial charge in [0.15, 0.2) is 0 Å². The summed E-state index contributed by atoms with van der Waals surface area (Å²) in [5.41, 5.74) is 0. The molecule has 0 N–H and O–H groups in total. The van der Waals surface area contributed by atoms with Gasteiger partial charge in [-0.3, -0.25) is 9.59 Å². The lowest BCUT2D eigenvalue weighted by atomic mass is 10.1. The zero-order valence-corrected chi connectivity index (χ0v) is 14.0. The molecule has 0 aliphatic carbocycles. The van der Waals surface area contributed by atoms with E-state index in [0.717, 1.165) is 38.8 Å². The van der Waals surface area contributed by atoms with Gasteiger partial charge in [-0.25, -0.2) is 0 Å². The highest BCUT2D eigenvalue weighted by molar-refractivity contribution is 5.76. The van der Waals surface area contributed by atoms with Crippen LogP contribution in [0, 0.1) is 0 Å². The lowest BCUT2D eigenvalue weighted by Crippen LogP contribution is -2.40. The molecule has 128 valence electrons. The third-order valence-electron chi connectivity index (χ3n) is 4.11. The fraction of sp³-hybridized carbons (Fsp3) is 0.882. The van der Waals surface area contributed by atoms with Crippen molar-refractivity contribution in [2.24, 2.45) is 0 Å². The average molecular weight is 313 g/mol.